The summed E-state index contributed by atoms with van der Waals surface area (Å²) in [5.41, 5.74) is 3.68. The van der Waals surface area contributed by atoms with E-state index in [0.29, 0.717) is 11.3 Å². The molecule has 0 atom stereocenters. The van der Waals surface area contributed by atoms with Gasteiger partial charge in [-0.1, -0.05) is 11.8 Å². The Morgan fingerprint density at radius 1 is 1.23 bits per heavy atom. The number of benzene rings is 2. The predicted octanol–water partition coefficient (Wildman–Crippen LogP) is 2.22. The molecule has 0 fully saturated rings. The average molecular weight is 430 g/mol. The first kappa shape index (κ1) is 20.7. The van der Waals surface area contributed by atoms with Gasteiger partial charge in [0, 0.05) is 17.8 Å². The molecule has 0 aliphatic heterocycles. The third-order valence-corrected chi connectivity index (χ3v) is 4.55. The third kappa shape index (κ3) is 5.51. The van der Waals surface area contributed by atoms with Crippen LogP contribution in [0.2, 0.25) is 0 Å². The quantitative estimate of drug-likeness (QED) is 0.162. The maximum absolute atomic E-state index is 12.9. The number of nitrogen functional groups attached to an aromatic ring is 1. The fourth-order valence-corrected chi connectivity index (χ4v) is 2.82. The lowest BCUT2D eigenvalue weighted by molar-refractivity contribution is -0.384. The van der Waals surface area contributed by atoms with Crippen molar-refractivity contribution in [2.45, 2.75) is 5.16 Å². The molecule has 2 aromatic carbocycles. The molecule has 0 saturated heterocycles. The zero-order valence-corrected chi connectivity index (χ0v) is 16.0. The van der Waals surface area contributed by atoms with Gasteiger partial charge in [-0.05, 0) is 42.0 Å². The Labute approximate surface area is 173 Å². The highest BCUT2D eigenvalue weighted by atomic mass is 32.2. The van der Waals surface area contributed by atoms with Gasteiger partial charge in [-0.25, -0.2) is 14.5 Å². The number of thioether (sulfide) groups is 1. The van der Waals surface area contributed by atoms with Crippen molar-refractivity contribution in [3.8, 4) is 0 Å². The van der Waals surface area contributed by atoms with Crippen LogP contribution < -0.4 is 16.6 Å². The number of rotatable bonds is 8. The summed E-state index contributed by atoms with van der Waals surface area (Å²) in [4.78, 5) is 22.1. The Morgan fingerprint density at radius 3 is 2.60 bits per heavy atom. The molecule has 13 heteroatoms. The van der Waals surface area contributed by atoms with Gasteiger partial charge < -0.3 is 11.2 Å². The average Bonchev–Trinajstić information content (AvgIpc) is 3.08. The number of halogens is 1. The van der Waals surface area contributed by atoms with Gasteiger partial charge in [0.2, 0.25) is 11.1 Å². The summed E-state index contributed by atoms with van der Waals surface area (Å²) in [5, 5.41) is 25.2. The summed E-state index contributed by atoms with van der Waals surface area (Å²) in [6.07, 6.45) is 1.43. The summed E-state index contributed by atoms with van der Waals surface area (Å²) in [5.74, 6) is 5.31. The normalized spacial score (nSPS) is 10.8. The van der Waals surface area contributed by atoms with E-state index in [0.717, 1.165) is 16.4 Å². The Bertz CT molecular complexity index is 1070. The van der Waals surface area contributed by atoms with Crippen molar-refractivity contribution in [3.05, 3.63) is 70.0 Å². The Balaban J connectivity index is 1.51. The zero-order chi connectivity index (χ0) is 21.5. The number of hydrogen-bond donors (Lipinski definition) is 3. The number of hydrazone groups is 1. The van der Waals surface area contributed by atoms with E-state index in [1.807, 2.05) is 0 Å². The maximum Gasteiger partial charge on any atom is 0.269 e. The predicted molar refractivity (Wildman–Crippen MR) is 110 cm³/mol. The largest absolute Gasteiger partial charge is 0.334 e. The van der Waals surface area contributed by atoms with Crippen LogP contribution in [-0.4, -0.2) is 37.7 Å². The monoisotopic (exact) mass is 430 g/mol. The van der Waals surface area contributed by atoms with Gasteiger partial charge in [0.25, 0.3) is 11.6 Å². The number of nitrogens with one attached hydrogen (secondary N) is 2. The fourth-order valence-electron chi connectivity index (χ4n) is 2.16. The topological polar surface area (TPSA) is 153 Å². The summed E-state index contributed by atoms with van der Waals surface area (Å²) < 4.78 is 14.0. The number of nitro groups is 1. The molecule has 0 aliphatic rings. The van der Waals surface area contributed by atoms with Crippen LogP contribution in [0.25, 0.3) is 0 Å². The van der Waals surface area contributed by atoms with Crippen LogP contribution in [-0.2, 0) is 4.79 Å². The summed E-state index contributed by atoms with van der Waals surface area (Å²) in [6, 6.07) is 11.2. The minimum absolute atomic E-state index is 0.0127. The van der Waals surface area contributed by atoms with Crippen LogP contribution in [0.15, 0.2) is 58.8 Å². The molecule has 0 spiro atoms. The SMILES string of the molecule is Nn1c(N/N=C/c2ccc([N+](=O)[O-])cc2)nnc1SCC(=O)Nc1ccc(F)cc1. The van der Waals surface area contributed by atoms with Crippen LogP contribution in [0.3, 0.4) is 0 Å². The second-order valence-electron chi connectivity index (χ2n) is 5.74. The van der Waals surface area contributed by atoms with Crippen molar-refractivity contribution in [3.63, 3.8) is 0 Å². The highest BCUT2D eigenvalue weighted by Crippen LogP contribution is 2.17. The van der Waals surface area contributed by atoms with Crippen LogP contribution in [0, 0.1) is 15.9 Å². The van der Waals surface area contributed by atoms with Crippen LogP contribution >= 0.6 is 11.8 Å². The molecular weight excluding hydrogens is 415 g/mol. The second-order valence-corrected chi connectivity index (χ2v) is 6.68. The number of amides is 1. The van der Waals surface area contributed by atoms with Crippen molar-refractivity contribution in [1.29, 1.82) is 0 Å². The molecule has 30 heavy (non-hydrogen) atoms. The summed E-state index contributed by atoms with van der Waals surface area (Å²) in [7, 11) is 0. The maximum atomic E-state index is 12.9. The molecule has 4 N–H and O–H groups in total. The van der Waals surface area contributed by atoms with E-state index in [2.05, 4.69) is 26.0 Å². The van der Waals surface area contributed by atoms with Crippen molar-refractivity contribution >= 4 is 41.2 Å². The van der Waals surface area contributed by atoms with Crippen LogP contribution in [0.4, 0.5) is 21.7 Å². The molecule has 154 valence electrons. The van der Waals surface area contributed by atoms with Gasteiger partial charge in [-0.3, -0.25) is 14.9 Å². The summed E-state index contributed by atoms with van der Waals surface area (Å²) >= 11 is 1.06. The zero-order valence-electron chi connectivity index (χ0n) is 15.2. The van der Waals surface area contributed by atoms with Gasteiger partial charge in [0.1, 0.15) is 5.82 Å². The molecule has 1 amide bonds. The van der Waals surface area contributed by atoms with E-state index in [1.54, 1.807) is 0 Å². The Hall–Kier alpha value is -4.00. The van der Waals surface area contributed by atoms with Crippen molar-refractivity contribution in [2.75, 3.05) is 22.3 Å². The number of nitro benzene ring substituents is 1. The number of carbonyl (C=O) groups is 1. The van der Waals surface area contributed by atoms with Gasteiger partial charge in [-0.2, -0.15) is 5.10 Å². The molecule has 0 unspecified atom stereocenters. The molecule has 3 aromatic rings. The number of aromatic nitrogens is 3. The number of nitrogens with two attached hydrogens (primary N) is 1. The minimum Gasteiger partial charge on any atom is -0.334 e. The van der Waals surface area contributed by atoms with E-state index in [9.17, 15) is 19.3 Å². The first-order valence-corrected chi connectivity index (χ1v) is 9.33. The smallest absolute Gasteiger partial charge is 0.269 e. The second kappa shape index (κ2) is 9.47. The van der Waals surface area contributed by atoms with E-state index >= 15 is 0 Å². The lowest BCUT2D eigenvalue weighted by Gasteiger charge is -2.05. The number of non-ortho nitro benzene ring substituents is 1. The minimum atomic E-state index is -0.491. The third-order valence-electron chi connectivity index (χ3n) is 3.61. The first-order chi connectivity index (χ1) is 14.4. The lowest BCUT2D eigenvalue weighted by Crippen LogP contribution is -2.16. The highest BCUT2D eigenvalue weighted by Gasteiger charge is 2.12. The number of carbonyl (C=O) groups excluding carboxylic acids is 1. The molecular formula is C17H15FN8O3S. The molecule has 1 aromatic heterocycles. The van der Waals surface area contributed by atoms with Crippen molar-refractivity contribution in [2.24, 2.45) is 5.10 Å². The van der Waals surface area contributed by atoms with E-state index in [1.165, 1.54) is 54.7 Å². The molecule has 1 heterocycles. The van der Waals surface area contributed by atoms with E-state index < -0.39 is 10.7 Å². The van der Waals surface area contributed by atoms with Crippen LogP contribution in [0.5, 0.6) is 0 Å². The number of nitrogens with zero attached hydrogens (tertiary/aromatic N) is 5. The van der Waals surface area contributed by atoms with Crippen molar-refractivity contribution in [1.82, 2.24) is 14.9 Å². The first-order valence-electron chi connectivity index (χ1n) is 8.34. The molecule has 11 nitrogen and oxygen atoms in total. The van der Waals surface area contributed by atoms with E-state index in [-0.39, 0.29) is 28.5 Å². The van der Waals surface area contributed by atoms with Gasteiger partial charge in [0.05, 0.1) is 16.9 Å². The molecule has 0 aliphatic carbocycles. The van der Waals surface area contributed by atoms with Gasteiger partial charge in [0.15, 0.2) is 0 Å². The van der Waals surface area contributed by atoms with Crippen LogP contribution in [0.1, 0.15) is 5.56 Å². The molecule has 0 bridgehead atoms. The summed E-state index contributed by atoms with van der Waals surface area (Å²) in [6.45, 7) is 0. The fraction of sp³-hybridized carbons (Fsp3) is 0.0588. The van der Waals surface area contributed by atoms with E-state index in [4.69, 9.17) is 5.84 Å². The highest BCUT2D eigenvalue weighted by molar-refractivity contribution is 7.99. The Morgan fingerprint density at radius 2 is 1.93 bits per heavy atom. The Kier molecular flexibility index (Phi) is 6.54. The molecule has 0 saturated carbocycles. The molecule has 3 rings (SSSR count). The lowest BCUT2D eigenvalue weighted by atomic mass is 10.2. The number of hydrogen-bond acceptors (Lipinski definition) is 9. The van der Waals surface area contributed by atoms with Crippen molar-refractivity contribution < 1.29 is 14.1 Å². The number of anilines is 2. The van der Waals surface area contributed by atoms with Gasteiger partial charge >= 0.3 is 0 Å². The van der Waals surface area contributed by atoms with Gasteiger partial charge in [-0.15, -0.1) is 10.2 Å². The molecule has 0 radical (unpaired) electrons. The standard InChI is InChI=1S/C17H15FN8O3S/c18-12-3-5-13(6-4-12)21-15(27)10-30-17-24-23-16(25(17)19)22-20-9-11-1-7-14(8-2-11)26(28)29/h1-9H,10,19H2,(H,21,27)(H,22,23)/b20-9+.